The number of pyridine rings is 1. The molecule has 2 heterocycles. The number of nitrogens with zero attached hydrogens (tertiary/aromatic N) is 3. The minimum absolute atomic E-state index is 0.244. The Labute approximate surface area is 146 Å². The zero-order valence-electron chi connectivity index (χ0n) is 13.9. The van der Waals surface area contributed by atoms with Gasteiger partial charge in [0.15, 0.2) is 0 Å². The molecule has 6 heteroatoms. The summed E-state index contributed by atoms with van der Waals surface area (Å²) in [4.78, 5) is 24.6. The molecule has 2 N–H and O–H groups in total. The summed E-state index contributed by atoms with van der Waals surface area (Å²) >= 11 is 0. The Kier molecular flexibility index (Phi) is 5.31. The molecule has 0 aliphatic rings. The van der Waals surface area contributed by atoms with Crippen molar-refractivity contribution in [2.45, 2.75) is 20.0 Å². The van der Waals surface area contributed by atoms with Crippen molar-refractivity contribution >= 4 is 11.7 Å². The predicted octanol–water partition coefficient (Wildman–Crippen LogP) is 2.72. The highest BCUT2D eigenvalue weighted by atomic mass is 16.1. The molecule has 0 saturated carbocycles. The largest absolute Gasteiger partial charge is 0.365 e. The number of amides is 1. The normalized spacial score (nSPS) is 10.3. The number of aromatic nitrogens is 3. The molecule has 6 nitrogen and oxygen atoms in total. The van der Waals surface area contributed by atoms with E-state index in [-0.39, 0.29) is 5.91 Å². The Bertz CT molecular complexity index is 817. The molecule has 0 aliphatic carbocycles. The van der Waals surface area contributed by atoms with Gasteiger partial charge in [-0.25, -0.2) is 9.97 Å². The van der Waals surface area contributed by atoms with Crippen molar-refractivity contribution in [3.63, 3.8) is 0 Å². The number of carbonyl (C=O) groups excluding carboxylic acids is 1. The van der Waals surface area contributed by atoms with Gasteiger partial charge >= 0.3 is 0 Å². The van der Waals surface area contributed by atoms with Crippen LogP contribution in [0.25, 0.3) is 0 Å². The molecule has 3 rings (SSSR count). The van der Waals surface area contributed by atoms with E-state index in [4.69, 9.17) is 0 Å². The maximum absolute atomic E-state index is 12.1. The smallest absolute Gasteiger partial charge is 0.271 e. The van der Waals surface area contributed by atoms with Crippen molar-refractivity contribution in [2.75, 3.05) is 5.32 Å². The lowest BCUT2D eigenvalue weighted by Crippen LogP contribution is -2.24. The van der Waals surface area contributed by atoms with Gasteiger partial charge in [-0.1, -0.05) is 35.9 Å². The maximum Gasteiger partial charge on any atom is 0.271 e. The van der Waals surface area contributed by atoms with Gasteiger partial charge in [-0.3, -0.25) is 9.78 Å². The van der Waals surface area contributed by atoms with Crippen LogP contribution in [0.4, 0.5) is 5.82 Å². The number of nitrogens with one attached hydrogen (secondary N) is 2. The third-order valence-corrected chi connectivity index (χ3v) is 3.65. The second-order valence-electron chi connectivity index (χ2n) is 5.67. The van der Waals surface area contributed by atoms with Crippen molar-refractivity contribution in [3.8, 4) is 0 Å². The summed E-state index contributed by atoms with van der Waals surface area (Å²) in [5, 5.41) is 5.99. The van der Waals surface area contributed by atoms with Gasteiger partial charge in [0.2, 0.25) is 0 Å². The van der Waals surface area contributed by atoms with Gasteiger partial charge in [0, 0.05) is 25.5 Å². The fraction of sp³-hybridized carbons (Fsp3) is 0.158. The molecule has 0 saturated heterocycles. The van der Waals surface area contributed by atoms with Crippen LogP contribution in [0.1, 0.15) is 27.2 Å². The van der Waals surface area contributed by atoms with Crippen molar-refractivity contribution in [3.05, 3.63) is 83.6 Å². The van der Waals surface area contributed by atoms with Crippen LogP contribution in [0.15, 0.2) is 61.2 Å². The monoisotopic (exact) mass is 333 g/mol. The minimum Gasteiger partial charge on any atom is -0.365 e. The quantitative estimate of drug-likeness (QED) is 0.725. The minimum atomic E-state index is -0.244. The Hall–Kier alpha value is -3.28. The van der Waals surface area contributed by atoms with Gasteiger partial charge in [-0.2, -0.15) is 0 Å². The van der Waals surface area contributed by atoms with E-state index < -0.39 is 0 Å². The first-order chi connectivity index (χ1) is 12.2. The molecule has 0 bridgehead atoms. The number of rotatable bonds is 6. The molecule has 1 amide bonds. The standard InChI is InChI=1S/C19H19N5O/c1-14-4-6-15(7-5-14)10-24-19(25)17-12-23-18(13-21-17)22-11-16-3-2-8-20-9-16/h2-9,12-13H,10-11H2,1H3,(H,22,23)(H,24,25). The van der Waals surface area contributed by atoms with Gasteiger partial charge in [0.1, 0.15) is 11.5 Å². The number of benzene rings is 1. The van der Waals surface area contributed by atoms with Crippen molar-refractivity contribution in [1.29, 1.82) is 0 Å². The third kappa shape index (κ3) is 4.84. The lowest BCUT2D eigenvalue weighted by Gasteiger charge is -2.07. The van der Waals surface area contributed by atoms with E-state index in [0.717, 1.165) is 11.1 Å². The average Bonchev–Trinajstić information content (AvgIpc) is 2.67. The molecule has 0 unspecified atom stereocenters. The molecule has 0 aliphatic heterocycles. The van der Waals surface area contributed by atoms with Crippen LogP contribution in [-0.2, 0) is 13.1 Å². The number of aryl methyl sites for hydroxylation is 1. The number of carbonyl (C=O) groups is 1. The fourth-order valence-electron chi connectivity index (χ4n) is 2.21. The Morgan fingerprint density at radius 3 is 2.48 bits per heavy atom. The van der Waals surface area contributed by atoms with E-state index in [1.165, 1.54) is 11.8 Å². The van der Waals surface area contributed by atoms with E-state index in [1.54, 1.807) is 18.6 Å². The molecule has 0 atom stereocenters. The number of hydrogen-bond donors (Lipinski definition) is 2. The van der Waals surface area contributed by atoms with Crippen LogP contribution in [-0.4, -0.2) is 20.9 Å². The van der Waals surface area contributed by atoms with Gasteiger partial charge in [0.25, 0.3) is 5.91 Å². The zero-order chi connectivity index (χ0) is 17.5. The highest BCUT2D eigenvalue weighted by Gasteiger charge is 2.07. The van der Waals surface area contributed by atoms with Crippen LogP contribution >= 0.6 is 0 Å². The fourth-order valence-corrected chi connectivity index (χ4v) is 2.21. The van der Waals surface area contributed by atoms with Crippen molar-refractivity contribution < 1.29 is 4.79 Å². The van der Waals surface area contributed by atoms with Gasteiger partial charge < -0.3 is 10.6 Å². The summed E-state index contributed by atoms with van der Waals surface area (Å²) in [6, 6.07) is 11.9. The number of hydrogen-bond acceptors (Lipinski definition) is 5. The van der Waals surface area contributed by atoms with Crippen molar-refractivity contribution in [1.82, 2.24) is 20.3 Å². The summed E-state index contributed by atoms with van der Waals surface area (Å²) in [6.07, 6.45) is 6.54. The summed E-state index contributed by atoms with van der Waals surface area (Å²) in [7, 11) is 0. The third-order valence-electron chi connectivity index (χ3n) is 3.65. The van der Waals surface area contributed by atoms with Crippen LogP contribution in [0.5, 0.6) is 0 Å². The molecule has 25 heavy (non-hydrogen) atoms. The summed E-state index contributed by atoms with van der Waals surface area (Å²) in [5.41, 5.74) is 3.57. The Balaban J connectivity index is 1.52. The van der Waals surface area contributed by atoms with E-state index in [1.807, 2.05) is 43.3 Å². The zero-order valence-corrected chi connectivity index (χ0v) is 13.9. The highest BCUT2D eigenvalue weighted by Crippen LogP contribution is 2.06. The van der Waals surface area contributed by atoms with Crippen LogP contribution in [0, 0.1) is 6.92 Å². The topological polar surface area (TPSA) is 79.8 Å². The van der Waals surface area contributed by atoms with E-state index in [9.17, 15) is 4.79 Å². The lowest BCUT2D eigenvalue weighted by atomic mass is 10.1. The van der Waals surface area contributed by atoms with Crippen LogP contribution in [0.3, 0.4) is 0 Å². The molecule has 0 fully saturated rings. The second kappa shape index (κ2) is 8.01. The number of anilines is 1. The predicted molar refractivity (Wildman–Crippen MR) is 95.9 cm³/mol. The van der Waals surface area contributed by atoms with E-state index in [2.05, 4.69) is 25.6 Å². The molecule has 0 spiro atoms. The van der Waals surface area contributed by atoms with E-state index in [0.29, 0.717) is 24.6 Å². The first-order valence-electron chi connectivity index (χ1n) is 7.99. The lowest BCUT2D eigenvalue weighted by molar-refractivity contribution is 0.0945. The SMILES string of the molecule is Cc1ccc(CNC(=O)c2cnc(NCc3cccnc3)cn2)cc1. The first kappa shape index (κ1) is 16.6. The van der Waals surface area contributed by atoms with Crippen LogP contribution in [0.2, 0.25) is 0 Å². The molecule has 126 valence electrons. The molecular formula is C19H19N5O. The molecule has 2 aromatic heterocycles. The van der Waals surface area contributed by atoms with Crippen LogP contribution < -0.4 is 10.6 Å². The maximum atomic E-state index is 12.1. The Morgan fingerprint density at radius 1 is 0.960 bits per heavy atom. The molecule has 1 aromatic carbocycles. The van der Waals surface area contributed by atoms with Gasteiger partial charge in [-0.05, 0) is 24.1 Å². The highest BCUT2D eigenvalue weighted by molar-refractivity contribution is 5.91. The van der Waals surface area contributed by atoms with Crippen molar-refractivity contribution in [2.24, 2.45) is 0 Å². The second-order valence-corrected chi connectivity index (χ2v) is 5.67. The Morgan fingerprint density at radius 2 is 1.80 bits per heavy atom. The summed E-state index contributed by atoms with van der Waals surface area (Å²) in [5.74, 6) is 0.367. The first-order valence-corrected chi connectivity index (χ1v) is 7.99. The molecular weight excluding hydrogens is 314 g/mol. The summed E-state index contributed by atoms with van der Waals surface area (Å²) < 4.78 is 0. The van der Waals surface area contributed by atoms with Gasteiger partial charge in [-0.15, -0.1) is 0 Å². The van der Waals surface area contributed by atoms with E-state index >= 15 is 0 Å². The molecule has 3 aromatic rings. The average molecular weight is 333 g/mol. The summed E-state index contributed by atoms with van der Waals surface area (Å²) in [6.45, 7) is 3.09. The van der Waals surface area contributed by atoms with Gasteiger partial charge in [0.05, 0.1) is 12.4 Å². The molecule has 0 radical (unpaired) electrons.